The maximum absolute atomic E-state index is 13.8. The van der Waals surface area contributed by atoms with E-state index in [4.69, 9.17) is 9.47 Å². The number of rotatable bonds is 2. The van der Waals surface area contributed by atoms with Crippen LogP contribution in [0, 0.1) is 0 Å². The number of amides is 1. The van der Waals surface area contributed by atoms with Crippen molar-refractivity contribution in [3.8, 4) is 0 Å². The van der Waals surface area contributed by atoms with Gasteiger partial charge in [0.05, 0.1) is 13.2 Å². The third-order valence-electron chi connectivity index (χ3n) is 3.27. The molecule has 0 saturated carbocycles. The van der Waals surface area contributed by atoms with Crippen LogP contribution < -0.4 is 0 Å². The Morgan fingerprint density at radius 2 is 2.00 bits per heavy atom. The lowest BCUT2D eigenvalue weighted by molar-refractivity contribution is -0.0236. The van der Waals surface area contributed by atoms with E-state index >= 15 is 0 Å². The molecule has 0 bridgehead atoms. The van der Waals surface area contributed by atoms with Gasteiger partial charge in [-0.2, -0.15) is 0 Å². The van der Waals surface area contributed by atoms with E-state index < -0.39 is 17.9 Å². The van der Waals surface area contributed by atoms with E-state index in [1.807, 2.05) is 39.0 Å². The molecule has 116 valence electrons. The lowest BCUT2D eigenvalue weighted by Crippen LogP contribution is -2.38. The molecular weight excluding hydrogens is 273 g/mol. The summed E-state index contributed by atoms with van der Waals surface area (Å²) in [6.07, 6.45) is -1.85. The summed E-state index contributed by atoms with van der Waals surface area (Å²) in [4.78, 5) is 13.4. The summed E-state index contributed by atoms with van der Waals surface area (Å²) in [6.45, 7) is 5.80. The number of alkyl halides is 1. The van der Waals surface area contributed by atoms with Crippen LogP contribution in [-0.4, -0.2) is 36.8 Å². The van der Waals surface area contributed by atoms with Gasteiger partial charge in [0.25, 0.3) is 0 Å². The van der Waals surface area contributed by atoms with Crippen LogP contribution in [0.4, 0.5) is 9.18 Å². The first-order valence-corrected chi connectivity index (χ1v) is 7.06. The number of likely N-dealkylation sites (N-methyl/N-ethyl adjacent to an activating group) is 1. The van der Waals surface area contributed by atoms with Gasteiger partial charge in [-0.25, -0.2) is 9.18 Å². The summed E-state index contributed by atoms with van der Waals surface area (Å²) in [5.74, 6) is 0. The molecule has 1 aliphatic rings. The highest BCUT2D eigenvalue weighted by Crippen LogP contribution is 2.34. The summed E-state index contributed by atoms with van der Waals surface area (Å²) in [5, 5.41) is 0. The van der Waals surface area contributed by atoms with E-state index in [9.17, 15) is 9.18 Å². The number of carbonyl (C=O) groups excluding carboxylic acids is 1. The largest absolute Gasteiger partial charge is 0.444 e. The van der Waals surface area contributed by atoms with Gasteiger partial charge in [0.2, 0.25) is 0 Å². The van der Waals surface area contributed by atoms with Crippen LogP contribution in [0.15, 0.2) is 24.3 Å². The highest BCUT2D eigenvalue weighted by Gasteiger charge is 2.30. The molecular formula is C16H22FNO3. The van der Waals surface area contributed by atoms with Crippen LogP contribution in [0.1, 0.15) is 44.2 Å². The van der Waals surface area contributed by atoms with Crippen LogP contribution in [-0.2, 0) is 9.47 Å². The summed E-state index contributed by atoms with van der Waals surface area (Å²) >= 11 is 0. The lowest BCUT2D eigenvalue weighted by atomic mass is 9.96. The molecule has 1 amide bonds. The van der Waals surface area contributed by atoms with Crippen LogP contribution >= 0.6 is 0 Å². The quantitative estimate of drug-likeness (QED) is 0.836. The third-order valence-corrected chi connectivity index (χ3v) is 3.27. The fourth-order valence-electron chi connectivity index (χ4n) is 2.28. The predicted octanol–water partition coefficient (Wildman–Crippen LogP) is 3.64. The monoisotopic (exact) mass is 295 g/mol. The van der Waals surface area contributed by atoms with Crippen molar-refractivity contribution in [3.63, 3.8) is 0 Å². The number of halogens is 1. The highest BCUT2D eigenvalue weighted by atomic mass is 19.1. The first kappa shape index (κ1) is 15.8. The Morgan fingerprint density at radius 1 is 1.38 bits per heavy atom. The molecule has 1 aromatic carbocycles. The van der Waals surface area contributed by atoms with Crippen molar-refractivity contribution >= 4 is 6.09 Å². The number of ether oxygens (including phenoxy) is 2. The van der Waals surface area contributed by atoms with E-state index in [0.29, 0.717) is 12.1 Å². The Kier molecular flexibility index (Phi) is 4.52. The molecule has 2 rings (SSSR count). The number of carbonyl (C=O) groups is 1. The molecule has 21 heavy (non-hydrogen) atoms. The molecule has 0 N–H and O–H groups in total. The standard InChI is InChI=1S/C16H22FNO3/c1-16(2,3)21-15(19)18(4)9-14-12-8-6-5-7-11(12)13(17)10-20-14/h5-8,13-14H,9-10H2,1-4H3. The zero-order chi connectivity index (χ0) is 15.6. The molecule has 1 aliphatic heterocycles. The molecule has 0 fully saturated rings. The van der Waals surface area contributed by atoms with Gasteiger partial charge in [-0.15, -0.1) is 0 Å². The van der Waals surface area contributed by atoms with Crippen LogP contribution in [0.25, 0.3) is 0 Å². The van der Waals surface area contributed by atoms with E-state index in [0.717, 1.165) is 5.56 Å². The maximum Gasteiger partial charge on any atom is 0.410 e. The van der Waals surface area contributed by atoms with Crippen LogP contribution in [0.2, 0.25) is 0 Å². The van der Waals surface area contributed by atoms with Crippen molar-refractivity contribution < 1.29 is 18.7 Å². The fraction of sp³-hybridized carbons (Fsp3) is 0.562. The van der Waals surface area contributed by atoms with Gasteiger partial charge in [-0.05, 0) is 31.9 Å². The Balaban J connectivity index is 2.07. The summed E-state index contributed by atoms with van der Waals surface area (Å²) in [5.41, 5.74) is 0.902. The van der Waals surface area contributed by atoms with Gasteiger partial charge < -0.3 is 14.4 Å². The Bertz CT molecular complexity index is 512. The summed E-state index contributed by atoms with van der Waals surface area (Å²) < 4.78 is 24.7. The van der Waals surface area contributed by atoms with Crippen LogP contribution in [0.3, 0.4) is 0 Å². The smallest absolute Gasteiger partial charge is 0.410 e. The van der Waals surface area contributed by atoms with Crippen molar-refractivity contribution in [1.29, 1.82) is 0 Å². The normalized spacial score (nSPS) is 21.6. The van der Waals surface area contributed by atoms with E-state index in [-0.39, 0.29) is 12.7 Å². The molecule has 0 saturated heterocycles. The number of fused-ring (bicyclic) bond motifs is 1. The van der Waals surface area contributed by atoms with E-state index in [2.05, 4.69) is 0 Å². The average molecular weight is 295 g/mol. The predicted molar refractivity (Wildman–Crippen MR) is 77.8 cm³/mol. The molecule has 0 aromatic heterocycles. The topological polar surface area (TPSA) is 38.8 Å². The van der Waals surface area contributed by atoms with Crippen molar-refractivity contribution in [3.05, 3.63) is 35.4 Å². The highest BCUT2D eigenvalue weighted by molar-refractivity contribution is 5.67. The Labute approximate surface area is 124 Å². The van der Waals surface area contributed by atoms with Gasteiger partial charge in [0, 0.05) is 7.05 Å². The van der Waals surface area contributed by atoms with E-state index in [1.165, 1.54) is 4.90 Å². The summed E-state index contributed by atoms with van der Waals surface area (Å²) in [7, 11) is 1.65. The first-order valence-electron chi connectivity index (χ1n) is 7.06. The molecule has 1 aromatic rings. The third kappa shape index (κ3) is 3.94. The minimum atomic E-state index is -1.11. The Hall–Kier alpha value is -1.62. The fourth-order valence-corrected chi connectivity index (χ4v) is 2.28. The minimum Gasteiger partial charge on any atom is -0.444 e. The SMILES string of the molecule is CN(CC1OCC(F)c2ccccc21)C(=O)OC(C)(C)C. The molecule has 5 heteroatoms. The molecule has 0 radical (unpaired) electrons. The number of benzene rings is 1. The minimum absolute atomic E-state index is 0.0177. The van der Waals surface area contributed by atoms with Gasteiger partial charge in [-0.3, -0.25) is 0 Å². The second-order valence-electron chi connectivity index (χ2n) is 6.28. The molecule has 0 spiro atoms. The molecule has 0 aliphatic carbocycles. The number of hydrogen-bond acceptors (Lipinski definition) is 3. The van der Waals surface area contributed by atoms with Gasteiger partial charge >= 0.3 is 6.09 Å². The number of nitrogens with zero attached hydrogens (tertiary/aromatic N) is 1. The van der Waals surface area contributed by atoms with Crippen molar-refractivity contribution in [2.75, 3.05) is 20.2 Å². The molecule has 2 unspecified atom stereocenters. The zero-order valence-corrected chi connectivity index (χ0v) is 12.9. The molecule has 2 atom stereocenters. The van der Waals surface area contributed by atoms with E-state index in [1.54, 1.807) is 13.1 Å². The van der Waals surface area contributed by atoms with Crippen LogP contribution in [0.5, 0.6) is 0 Å². The maximum atomic E-state index is 13.8. The lowest BCUT2D eigenvalue weighted by Gasteiger charge is -2.32. The summed E-state index contributed by atoms with van der Waals surface area (Å²) in [6, 6.07) is 7.27. The van der Waals surface area contributed by atoms with Crippen molar-refractivity contribution in [1.82, 2.24) is 4.90 Å². The number of hydrogen-bond donors (Lipinski definition) is 0. The van der Waals surface area contributed by atoms with Crippen molar-refractivity contribution in [2.45, 2.75) is 38.6 Å². The van der Waals surface area contributed by atoms with Gasteiger partial charge in [0.1, 0.15) is 17.9 Å². The van der Waals surface area contributed by atoms with Gasteiger partial charge in [-0.1, -0.05) is 24.3 Å². The van der Waals surface area contributed by atoms with Crippen molar-refractivity contribution in [2.24, 2.45) is 0 Å². The zero-order valence-electron chi connectivity index (χ0n) is 12.9. The first-order chi connectivity index (χ1) is 9.78. The average Bonchev–Trinajstić information content (AvgIpc) is 2.40. The second-order valence-corrected chi connectivity index (χ2v) is 6.28. The van der Waals surface area contributed by atoms with Gasteiger partial charge in [0.15, 0.2) is 0 Å². The molecule has 4 nitrogen and oxygen atoms in total. The molecule has 1 heterocycles. The Morgan fingerprint density at radius 3 is 2.62 bits per heavy atom. The second kappa shape index (κ2) is 6.02.